The Labute approximate surface area is 194 Å². The first kappa shape index (κ1) is 18.1. The Bertz CT molecular complexity index is 1540. The fourth-order valence-electron chi connectivity index (χ4n) is 5.62. The van der Waals surface area contributed by atoms with E-state index in [0.29, 0.717) is 0 Å². The molecule has 2 heterocycles. The summed E-state index contributed by atoms with van der Waals surface area (Å²) in [4.78, 5) is 10.0. The molecule has 0 N–H and O–H groups in total. The number of nitrogens with zero attached hydrogens (tertiary/aromatic N) is 2. The molecule has 2 aliphatic rings. The van der Waals surface area contributed by atoms with E-state index in [2.05, 4.69) is 101 Å². The summed E-state index contributed by atoms with van der Waals surface area (Å²) in [5.74, 6) is 0. The zero-order valence-electron chi connectivity index (χ0n) is 17.1. The molecule has 0 aliphatic heterocycles. The van der Waals surface area contributed by atoms with Crippen molar-refractivity contribution in [3.8, 4) is 33.8 Å². The quantitative estimate of drug-likeness (QED) is 0.251. The van der Waals surface area contributed by atoms with Gasteiger partial charge in [0.15, 0.2) is 0 Å². The number of pyridine rings is 2. The maximum Gasteiger partial charge on any atom is 0.0945 e. The highest BCUT2D eigenvalue weighted by Crippen LogP contribution is 2.62. The van der Waals surface area contributed by atoms with Gasteiger partial charge in [-0.15, -0.1) is 0 Å². The SMILES string of the molecule is Brc1cccc2c1-c1ccccc1C21c2cccnc2-c2nc(-c3ccccc3)ccc21. The highest BCUT2D eigenvalue weighted by molar-refractivity contribution is 9.10. The van der Waals surface area contributed by atoms with Crippen molar-refractivity contribution >= 4 is 15.9 Å². The van der Waals surface area contributed by atoms with E-state index in [9.17, 15) is 0 Å². The molecule has 3 heteroatoms. The minimum atomic E-state index is -0.406. The first-order valence-corrected chi connectivity index (χ1v) is 11.5. The molecule has 2 aromatic heterocycles. The summed E-state index contributed by atoms with van der Waals surface area (Å²) < 4.78 is 1.12. The smallest absolute Gasteiger partial charge is 0.0945 e. The third-order valence-electron chi connectivity index (χ3n) is 6.82. The molecule has 150 valence electrons. The van der Waals surface area contributed by atoms with E-state index in [-0.39, 0.29) is 0 Å². The average molecular weight is 473 g/mol. The Morgan fingerprint density at radius 1 is 0.594 bits per heavy atom. The van der Waals surface area contributed by atoms with E-state index >= 15 is 0 Å². The van der Waals surface area contributed by atoms with Crippen LogP contribution in [0.3, 0.4) is 0 Å². The van der Waals surface area contributed by atoms with Gasteiger partial charge in [0.05, 0.1) is 22.5 Å². The van der Waals surface area contributed by atoms with Gasteiger partial charge in [-0.3, -0.25) is 4.98 Å². The molecular formula is C29H17BrN2. The van der Waals surface area contributed by atoms with Crippen LogP contribution < -0.4 is 0 Å². The monoisotopic (exact) mass is 472 g/mol. The van der Waals surface area contributed by atoms with Crippen molar-refractivity contribution in [3.63, 3.8) is 0 Å². The molecule has 0 fully saturated rings. The van der Waals surface area contributed by atoms with Crippen LogP contribution in [0, 0.1) is 0 Å². The molecule has 1 spiro atoms. The lowest BCUT2D eigenvalue weighted by molar-refractivity contribution is 0.789. The minimum absolute atomic E-state index is 0.406. The summed E-state index contributed by atoms with van der Waals surface area (Å²) in [6.45, 7) is 0. The van der Waals surface area contributed by atoms with Crippen LogP contribution in [-0.4, -0.2) is 9.97 Å². The second-order valence-electron chi connectivity index (χ2n) is 8.32. The Morgan fingerprint density at radius 3 is 2.25 bits per heavy atom. The van der Waals surface area contributed by atoms with Crippen LogP contribution in [0.4, 0.5) is 0 Å². The topological polar surface area (TPSA) is 25.8 Å². The van der Waals surface area contributed by atoms with Gasteiger partial charge < -0.3 is 0 Å². The molecular weight excluding hydrogens is 456 g/mol. The van der Waals surface area contributed by atoms with E-state index in [1.54, 1.807) is 0 Å². The van der Waals surface area contributed by atoms with Crippen LogP contribution in [0.15, 0.2) is 108 Å². The van der Waals surface area contributed by atoms with Crippen molar-refractivity contribution in [2.45, 2.75) is 5.41 Å². The standard InChI is InChI=1S/C29H17BrN2/c30-24-14-6-12-21-26(24)19-10-4-5-11-20(19)29(21)22-13-7-17-31-27(22)28-23(29)15-16-25(32-28)18-8-2-1-3-9-18/h1-17H. The Hall–Kier alpha value is -3.56. The number of hydrogen-bond acceptors (Lipinski definition) is 2. The van der Waals surface area contributed by atoms with Crippen LogP contribution >= 0.6 is 15.9 Å². The van der Waals surface area contributed by atoms with Crippen LogP contribution in [-0.2, 0) is 5.41 Å². The van der Waals surface area contributed by atoms with Crippen molar-refractivity contribution in [1.82, 2.24) is 9.97 Å². The molecule has 1 unspecified atom stereocenters. The Morgan fingerprint density at radius 2 is 1.34 bits per heavy atom. The van der Waals surface area contributed by atoms with Crippen LogP contribution in [0.5, 0.6) is 0 Å². The van der Waals surface area contributed by atoms with Crippen LogP contribution in [0.1, 0.15) is 22.3 Å². The predicted octanol–water partition coefficient (Wildman–Crippen LogP) is 7.25. The van der Waals surface area contributed by atoms with Crippen molar-refractivity contribution in [2.24, 2.45) is 0 Å². The Balaban J connectivity index is 1.62. The lowest BCUT2D eigenvalue weighted by atomic mass is 9.71. The van der Waals surface area contributed by atoms with Crippen LogP contribution in [0.25, 0.3) is 33.8 Å². The maximum atomic E-state index is 5.18. The third kappa shape index (κ3) is 2.14. The van der Waals surface area contributed by atoms with Gasteiger partial charge in [0.2, 0.25) is 0 Å². The largest absolute Gasteiger partial charge is 0.254 e. The molecule has 3 aromatic carbocycles. The second-order valence-corrected chi connectivity index (χ2v) is 9.17. The third-order valence-corrected chi connectivity index (χ3v) is 7.48. The van der Waals surface area contributed by atoms with Gasteiger partial charge in [-0.25, -0.2) is 4.98 Å². The van der Waals surface area contributed by atoms with Gasteiger partial charge in [0, 0.05) is 21.8 Å². The second kappa shape index (κ2) is 6.47. The number of aromatic nitrogens is 2. The van der Waals surface area contributed by atoms with E-state index in [0.717, 1.165) is 27.1 Å². The first-order chi connectivity index (χ1) is 15.8. The molecule has 0 radical (unpaired) electrons. The molecule has 1 atom stereocenters. The van der Waals surface area contributed by atoms with Gasteiger partial charge >= 0.3 is 0 Å². The van der Waals surface area contributed by atoms with Crippen molar-refractivity contribution in [1.29, 1.82) is 0 Å². The van der Waals surface area contributed by atoms with Gasteiger partial charge in [0.25, 0.3) is 0 Å². The number of hydrogen-bond donors (Lipinski definition) is 0. The zero-order valence-corrected chi connectivity index (χ0v) is 18.7. The van der Waals surface area contributed by atoms with Crippen molar-refractivity contribution in [2.75, 3.05) is 0 Å². The molecule has 0 bridgehead atoms. The highest BCUT2D eigenvalue weighted by Gasteiger charge is 2.53. The fraction of sp³-hybridized carbons (Fsp3) is 0.0345. The van der Waals surface area contributed by atoms with Gasteiger partial charge in [-0.2, -0.15) is 0 Å². The summed E-state index contributed by atoms with van der Waals surface area (Å²) in [5.41, 5.74) is 11.2. The van der Waals surface area contributed by atoms with Crippen LogP contribution in [0.2, 0.25) is 0 Å². The predicted molar refractivity (Wildman–Crippen MR) is 131 cm³/mol. The zero-order chi connectivity index (χ0) is 21.3. The lowest BCUT2D eigenvalue weighted by Gasteiger charge is -2.29. The lowest BCUT2D eigenvalue weighted by Crippen LogP contribution is -2.26. The van der Waals surface area contributed by atoms with Gasteiger partial charge in [-0.1, -0.05) is 94.8 Å². The summed E-state index contributed by atoms with van der Waals surface area (Å²) in [6, 6.07) is 34.3. The maximum absolute atomic E-state index is 5.18. The fourth-order valence-corrected chi connectivity index (χ4v) is 6.20. The molecule has 5 aromatic rings. The number of fused-ring (bicyclic) bond motifs is 10. The van der Waals surface area contributed by atoms with Crippen molar-refractivity contribution < 1.29 is 0 Å². The molecule has 2 aliphatic carbocycles. The highest BCUT2D eigenvalue weighted by atomic mass is 79.9. The molecule has 2 nitrogen and oxygen atoms in total. The number of rotatable bonds is 1. The number of halogens is 1. The molecule has 32 heavy (non-hydrogen) atoms. The summed E-state index contributed by atoms with van der Waals surface area (Å²) >= 11 is 3.84. The molecule has 0 amide bonds. The van der Waals surface area contributed by atoms with Crippen molar-refractivity contribution in [3.05, 3.63) is 130 Å². The van der Waals surface area contributed by atoms with E-state index in [1.165, 1.54) is 33.4 Å². The molecule has 7 rings (SSSR count). The summed E-state index contributed by atoms with van der Waals surface area (Å²) in [5, 5.41) is 0. The first-order valence-electron chi connectivity index (χ1n) is 10.7. The van der Waals surface area contributed by atoms with E-state index in [1.807, 2.05) is 18.3 Å². The van der Waals surface area contributed by atoms with Gasteiger partial charge in [-0.05, 0) is 46.0 Å². The molecule has 0 saturated carbocycles. The average Bonchev–Trinajstić information content (AvgIpc) is 3.32. The Kier molecular flexibility index (Phi) is 3.65. The summed E-state index contributed by atoms with van der Waals surface area (Å²) in [6.07, 6.45) is 1.88. The summed E-state index contributed by atoms with van der Waals surface area (Å²) in [7, 11) is 0. The molecule has 0 saturated heterocycles. The number of benzene rings is 3. The minimum Gasteiger partial charge on any atom is -0.254 e. The van der Waals surface area contributed by atoms with E-state index < -0.39 is 5.41 Å². The van der Waals surface area contributed by atoms with Gasteiger partial charge in [0.1, 0.15) is 0 Å². The normalized spacial score (nSPS) is 17.0. The van der Waals surface area contributed by atoms with E-state index in [4.69, 9.17) is 9.97 Å².